The predicted molar refractivity (Wildman–Crippen MR) is 116 cm³/mol. The van der Waals surface area contributed by atoms with E-state index in [0.29, 0.717) is 12.6 Å². The van der Waals surface area contributed by atoms with Gasteiger partial charge in [-0.15, -0.1) is 0 Å². The molecule has 8 heteroatoms. The molecule has 0 spiro atoms. The van der Waals surface area contributed by atoms with Crippen molar-refractivity contribution in [2.75, 3.05) is 39.4 Å². The average molecular weight is 406 g/mol. The summed E-state index contributed by atoms with van der Waals surface area (Å²) in [6.07, 6.45) is 4.33. The molecule has 29 heavy (non-hydrogen) atoms. The van der Waals surface area contributed by atoms with Crippen LogP contribution in [0.2, 0.25) is 0 Å². The molecule has 1 aromatic carbocycles. The number of non-ortho nitro benzene ring substituents is 1. The summed E-state index contributed by atoms with van der Waals surface area (Å²) in [6.45, 7) is 10.4. The van der Waals surface area contributed by atoms with E-state index in [2.05, 4.69) is 22.5 Å². The first-order valence-electron chi connectivity index (χ1n) is 10.7. The number of likely N-dealkylation sites (tertiary alicyclic amines) is 1. The summed E-state index contributed by atoms with van der Waals surface area (Å²) in [5, 5.41) is 17.8. The smallest absolute Gasteiger partial charge is 0.269 e. The van der Waals surface area contributed by atoms with Crippen LogP contribution < -0.4 is 10.6 Å². The Morgan fingerprint density at radius 3 is 2.62 bits per heavy atom. The Bertz CT molecular complexity index is 628. The number of nitro groups is 1. The number of rotatable bonds is 11. The monoisotopic (exact) mass is 405 g/mol. The van der Waals surface area contributed by atoms with Crippen LogP contribution in [0.4, 0.5) is 5.69 Å². The van der Waals surface area contributed by atoms with E-state index in [1.54, 1.807) is 12.1 Å². The predicted octanol–water partition coefficient (Wildman–Crippen LogP) is 2.93. The maximum absolute atomic E-state index is 10.8. The Morgan fingerprint density at radius 2 is 2.00 bits per heavy atom. The second kappa shape index (κ2) is 13.1. The molecule has 2 rings (SSSR count). The first-order chi connectivity index (χ1) is 14.1. The summed E-state index contributed by atoms with van der Waals surface area (Å²) in [6, 6.07) is 6.99. The van der Waals surface area contributed by atoms with Crippen molar-refractivity contribution < 1.29 is 9.66 Å². The van der Waals surface area contributed by atoms with Crippen LogP contribution in [0.25, 0.3) is 0 Å². The highest BCUT2D eigenvalue weighted by Gasteiger charge is 2.19. The third kappa shape index (κ3) is 8.79. The number of nitro benzene ring substituents is 1. The lowest BCUT2D eigenvalue weighted by Gasteiger charge is -2.32. The molecule has 0 amide bonds. The molecule has 0 radical (unpaired) electrons. The Balaban J connectivity index is 1.90. The van der Waals surface area contributed by atoms with Gasteiger partial charge >= 0.3 is 0 Å². The fraction of sp³-hybridized carbons (Fsp3) is 0.667. The number of ether oxygens (including phenoxy) is 1. The lowest BCUT2D eigenvalue weighted by molar-refractivity contribution is -0.384. The van der Waals surface area contributed by atoms with E-state index >= 15 is 0 Å². The minimum Gasteiger partial charge on any atom is -0.382 e. The second-order valence-electron chi connectivity index (χ2n) is 7.33. The number of aliphatic imine (C=N–C) groups is 1. The molecule has 1 aromatic rings. The zero-order valence-electron chi connectivity index (χ0n) is 17.7. The van der Waals surface area contributed by atoms with Crippen LogP contribution in [-0.4, -0.2) is 61.2 Å². The van der Waals surface area contributed by atoms with Crippen LogP contribution in [0.15, 0.2) is 29.3 Å². The number of benzene rings is 1. The van der Waals surface area contributed by atoms with Gasteiger partial charge in [0.2, 0.25) is 0 Å². The number of nitrogens with one attached hydrogen (secondary N) is 2. The summed E-state index contributed by atoms with van der Waals surface area (Å²) in [4.78, 5) is 17.6. The van der Waals surface area contributed by atoms with Gasteiger partial charge in [0, 0.05) is 51.0 Å². The first-order valence-corrected chi connectivity index (χ1v) is 10.7. The molecule has 1 fully saturated rings. The largest absolute Gasteiger partial charge is 0.382 e. The molecular formula is C21H35N5O3. The maximum atomic E-state index is 10.8. The van der Waals surface area contributed by atoms with Gasteiger partial charge in [-0.25, -0.2) is 4.99 Å². The Kier molecular flexibility index (Phi) is 10.4. The molecule has 8 nitrogen and oxygen atoms in total. The molecule has 1 aliphatic rings. The molecule has 0 atom stereocenters. The van der Waals surface area contributed by atoms with Crippen molar-refractivity contribution in [3.63, 3.8) is 0 Å². The molecule has 0 aliphatic carbocycles. The van der Waals surface area contributed by atoms with Gasteiger partial charge in [0.05, 0.1) is 11.5 Å². The average Bonchev–Trinajstić information content (AvgIpc) is 2.73. The summed E-state index contributed by atoms with van der Waals surface area (Å²) in [5.74, 6) is 0.800. The van der Waals surface area contributed by atoms with Gasteiger partial charge in [-0.2, -0.15) is 0 Å². The highest BCUT2D eigenvalue weighted by molar-refractivity contribution is 5.80. The number of piperidine rings is 1. The van der Waals surface area contributed by atoms with Crippen LogP contribution in [0.3, 0.4) is 0 Å². The summed E-state index contributed by atoms with van der Waals surface area (Å²) in [5.41, 5.74) is 1.05. The van der Waals surface area contributed by atoms with Crippen LogP contribution in [0.5, 0.6) is 0 Å². The van der Waals surface area contributed by atoms with Crippen LogP contribution in [-0.2, 0) is 11.3 Å². The molecule has 0 bridgehead atoms. The third-order valence-electron chi connectivity index (χ3n) is 5.00. The zero-order valence-corrected chi connectivity index (χ0v) is 17.7. The van der Waals surface area contributed by atoms with Crippen molar-refractivity contribution in [3.05, 3.63) is 39.9 Å². The summed E-state index contributed by atoms with van der Waals surface area (Å²) < 4.78 is 5.40. The topological polar surface area (TPSA) is 92.0 Å². The van der Waals surface area contributed by atoms with E-state index in [9.17, 15) is 10.1 Å². The fourth-order valence-electron chi connectivity index (χ4n) is 3.38. The molecule has 1 heterocycles. The normalized spacial score (nSPS) is 16.0. The minimum atomic E-state index is -0.384. The second-order valence-corrected chi connectivity index (χ2v) is 7.33. The Morgan fingerprint density at radius 1 is 1.28 bits per heavy atom. The first kappa shape index (κ1) is 23.1. The van der Waals surface area contributed by atoms with Crippen molar-refractivity contribution >= 4 is 11.6 Å². The highest BCUT2D eigenvalue weighted by atomic mass is 16.6. The van der Waals surface area contributed by atoms with Crippen LogP contribution in [0.1, 0.15) is 45.1 Å². The SMILES string of the molecule is CCCN1CCC(NC(=NCc2ccc([N+](=O)[O-])cc2)NCCCOCC)CC1. The Hall–Kier alpha value is -2.19. The van der Waals surface area contributed by atoms with Crippen molar-refractivity contribution in [2.45, 2.75) is 52.1 Å². The van der Waals surface area contributed by atoms with E-state index < -0.39 is 0 Å². The molecular weight excluding hydrogens is 370 g/mol. The van der Waals surface area contributed by atoms with Crippen molar-refractivity contribution in [2.24, 2.45) is 4.99 Å². The zero-order chi connectivity index (χ0) is 20.9. The van der Waals surface area contributed by atoms with Gasteiger partial charge in [-0.05, 0) is 44.7 Å². The van der Waals surface area contributed by atoms with Crippen molar-refractivity contribution in [1.82, 2.24) is 15.5 Å². The molecule has 1 aliphatic heterocycles. The summed E-state index contributed by atoms with van der Waals surface area (Å²) >= 11 is 0. The van der Waals surface area contributed by atoms with E-state index in [4.69, 9.17) is 9.73 Å². The number of nitrogens with zero attached hydrogens (tertiary/aromatic N) is 3. The quantitative estimate of drug-likeness (QED) is 0.193. The third-order valence-corrected chi connectivity index (χ3v) is 5.00. The van der Waals surface area contributed by atoms with E-state index in [1.807, 2.05) is 6.92 Å². The van der Waals surface area contributed by atoms with Gasteiger partial charge < -0.3 is 20.3 Å². The van der Waals surface area contributed by atoms with Gasteiger partial charge in [-0.3, -0.25) is 10.1 Å². The van der Waals surface area contributed by atoms with Crippen LogP contribution in [0, 0.1) is 10.1 Å². The molecule has 2 N–H and O–H groups in total. The number of guanidine groups is 1. The lowest BCUT2D eigenvalue weighted by Crippen LogP contribution is -2.49. The molecule has 0 aromatic heterocycles. The fourth-order valence-corrected chi connectivity index (χ4v) is 3.38. The van der Waals surface area contributed by atoms with E-state index in [0.717, 1.165) is 63.6 Å². The van der Waals surface area contributed by atoms with Crippen LogP contribution >= 0.6 is 0 Å². The molecule has 1 saturated heterocycles. The standard InChI is InChI=1S/C21H35N5O3/c1-3-13-25-14-10-19(11-15-25)24-21(22-12-5-16-29-4-2)23-17-18-6-8-20(9-7-18)26(27)28/h6-9,19H,3-5,10-17H2,1-2H3,(H2,22,23,24). The summed E-state index contributed by atoms with van der Waals surface area (Å²) in [7, 11) is 0. The number of hydrogen-bond acceptors (Lipinski definition) is 5. The van der Waals surface area contributed by atoms with Gasteiger partial charge in [0.25, 0.3) is 5.69 Å². The van der Waals surface area contributed by atoms with Gasteiger partial charge in [-0.1, -0.05) is 19.1 Å². The molecule has 0 unspecified atom stereocenters. The Labute approximate surface area is 173 Å². The van der Waals surface area contributed by atoms with E-state index in [-0.39, 0.29) is 10.6 Å². The van der Waals surface area contributed by atoms with Crippen molar-refractivity contribution in [1.29, 1.82) is 0 Å². The highest BCUT2D eigenvalue weighted by Crippen LogP contribution is 2.13. The van der Waals surface area contributed by atoms with Gasteiger partial charge in [0.1, 0.15) is 0 Å². The van der Waals surface area contributed by atoms with E-state index in [1.165, 1.54) is 25.1 Å². The van der Waals surface area contributed by atoms with Gasteiger partial charge in [0.15, 0.2) is 5.96 Å². The molecule has 0 saturated carbocycles. The van der Waals surface area contributed by atoms with Crippen molar-refractivity contribution in [3.8, 4) is 0 Å². The number of hydrogen-bond donors (Lipinski definition) is 2. The minimum absolute atomic E-state index is 0.101. The maximum Gasteiger partial charge on any atom is 0.269 e. The molecule has 162 valence electrons. The lowest BCUT2D eigenvalue weighted by atomic mass is 10.1.